The number of rotatable bonds is 6. The van der Waals surface area contributed by atoms with Crippen molar-refractivity contribution in [2.45, 2.75) is 25.4 Å². The lowest BCUT2D eigenvalue weighted by Crippen LogP contribution is -2.47. The fourth-order valence-electron chi connectivity index (χ4n) is 3.60. The average Bonchev–Trinajstić information content (AvgIpc) is 2.82. The molecule has 0 atom stereocenters. The summed E-state index contributed by atoms with van der Waals surface area (Å²) in [5.74, 6) is -0.845. The normalized spacial score (nSPS) is 15.1. The van der Waals surface area contributed by atoms with Gasteiger partial charge in [-0.3, -0.25) is 9.69 Å². The van der Waals surface area contributed by atoms with Crippen LogP contribution in [0.3, 0.4) is 0 Å². The topological polar surface area (TPSA) is 184 Å². The van der Waals surface area contributed by atoms with Crippen LogP contribution in [-0.2, 0) is 11.3 Å². The van der Waals surface area contributed by atoms with E-state index in [1.165, 1.54) is 7.11 Å². The fourth-order valence-corrected chi connectivity index (χ4v) is 3.73. The summed E-state index contributed by atoms with van der Waals surface area (Å²) in [4.78, 5) is 37.7. The Hall–Kier alpha value is -3.64. The van der Waals surface area contributed by atoms with Crippen LogP contribution in [0.5, 0.6) is 5.75 Å². The van der Waals surface area contributed by atoms with E-state index in [0.29, 0.717) is 17.9 Å². The van der Waals surface area contributed by atoms with Crippen molar-refractivity contribution in [2.75, 3.05) is 38.8 Å². The van der Waals surface area contributed by atoms with Gasteiger partial charge in [0.2, 0.25) is 0 Å². The number of benzene rings is 1. The van der Waals surface area contributed by atoms with E-state index in [-0.39, 0.29) is 34.5 Å². The van der Waals surface area contributed by atoms with E-state index in [4.69, 9.17) is 38.3 Å². The van der Waals surface area contributed by atoms with Gasteiger partial charge in [0.25, 0.3) is 0 Å². The standard InChI is InChI=1S/C21H27ClN8O4/c1-33-14-9-11(20(32)34-2)3-4-12(14)10-30-7-5-13(6-8-30)26-21(25)29-19(31)15-17(23)28-18(24)16(22)27-15/h3-4,9,13H,5-8,10H2,1-2H3,(H4,23,24,28)(H3,25,26,29,31). The molecular formula is C21H27ClN8O4. The molecule has 0 radical (unpaired) electrons. The highest BCUT2D eigenvalue weighted by Gasteiger charge is 2.22. The Morgan fingerprint density at radius 2 is 1.91 bits per heavy atom. The van der Waals surface area contributed by atoms with Gasteiger partial charge in [0, 0.05) is 31.2 Å². The monoisotopic (exact) mass is 490 g/mol. The quantitative estimate of drug-likeness (QED) is 0.255. The predicted octanol–water partition coefficient (Wildman–Crippen LogP) is 0.799. The largest absolute Gasteiger partial charge is 0.496 e. The van der Waals surface area contributed by atoms with Crippen molar-refractivity contribution in [3.63, 3.8) is 0 Å². The van der Waals surface area contributed by atoms with Crippen LogP contribution in [0.2, 0.25) is 5.15 Å². The molecule has 1 amide bonds. The van der Waals surface area contributed by atoms with Crippen LogP contribution >= 0.6 is 11.6 Å². The van der Waals surface area contributed by atoms with Crippen LogP contribution in [-0.4, -0.2) is 66.1 Å². The predicted molar refractivity (Wildman–Crippen MR) is 128 cm³/mol. The molecule has 0 saturated carbocycles. The van der Waals surface area contributed by atoms with Gasteiger partial charge in [0.1, 0.15) is 5.75 Å². The summed E-state index contributed by atoms with van der Waals surface area (Å²) in [7, 11) is 2.91. The van der Waals surface area contributed by atoms with E-state index < -0.39 is 11.9 Å². The first-order valence-electron chi connectivity index (χ1n) is 10.4. The maximum Gasteiger partial charge on any atom is 0.337 e. The Labute approximate surface area is 201 Å². The number of nitrogens with two attached hydrogens (primary N) is 3. The van der Waals surface area contributed by atoms with Gasteiger partial charge >= 0.3 is 11.9 Å². The summed E-state index contributed by atoms with van der Waals surface area (Å²) in [5, 5.41) is 2.92. The minimum absolute atomic E-state index is 0.0369. The van der Waals surface area contributed by atoms with E-state index in [0.717, 1.165) is 31.5 Å². The smallest absolute Gasteiger partial charge is 0.337 e. The summed E-state index contributed by atoms with van der Waals surface area (Å²) in [6, 6.07) is 5.30. The Balaban J connectivity index is 1.55. The zero-order chi connectivity index (χ0) is 24.8. The lowest BCUT2D eigenvalue weighted by Gasteiger charge is -2.32. The molecule has 13 heteroatoms. The molecule has 0 bridgehead atoms. The van der Waals surface area contributed by atoms with Crippen LogP contribution in [0.4, 0.5) is 11.6 Å². The molecule has 0 unspecified atom stereocenters. The van der Waals surface area contributed by atoms with Gasteiger partial charge in [-0.05, 0) is 25.0 Å². The van der Waals surface area contributed by atoms with Crippen molar-refractivity contribution in [2.24, 2.45) is 10.7 Å². The van der Waals surface area contributed by atoms with Gasteiger partial charge < -0.3 is 32.0 Å². The molecule has 34 heavy (non-hydrogen) atoms. The number of aliphatic imine (C=N–C) groups is 1. The van der Waals surface area contributed by atoms with Crippen molar-refractivity contribution >= 4 is 41.1 Å². The number of carbonyl (C=O) groups excluding carboxylic acids is 2. The number of nitrogen functional groups attached to an aromatic ring is 2. The number of aromatic nitrogens is 2. The number of esters is 1. The third-order valence-electron chi connectivity index (χ3n) is 5.37. The van der Waals surface area contributed by atoms with Crippen LogP contribution in [0.15, 0.2) is 23.2 Å². The number of amides is 1. The average molecular weight is 491 g/mol. The molecule has 0 spiro atoms. The summed E-state index contributed by atoms with van der Waals surface area (Å²) in [5.41, 5.74) is 18.3. The molecule has 0 aliphatic carbocycles. The first-order chi connectivity index (χ1) is 16.2. The second-order valence-electron chi connectivity index (χ2n) is 7.65. The summed E-state index contributed by atoms with van der Waals surface area (Å²) in [6.07, 6.45) is 1.56. The van der Waals surface area contributed by atoms with Gasteiger partial charge in [-0.15, -0.1) is 0 Å². The molecular weight excluding hydrogens is 464 g/mol. The SMILES string of the molecule is COC(=O)c1ccc(CN2CCC(N/C(N)=N/C(=O)c3nc(Cl)c(N)nc3N)CC2)c(OC)c1. The van der Waals surface area contributed by atoms with E-state index in [2.05, 4.69) is 25.2 Å². The maximum atomic E-state index is 12.3. The second kappa shape index (κ2) is 11.0. The molecule has 3 rings (SSSR count). The Morgan fingerprint density at radius 1 is 1.21 bits per heavy atom. The number of likely N-dealkylation sites (tertiary alicyclic amines) is 1. The number of nitrogens with zero attached hydrogens (tertiary/aromatic N) is 4. The van der Waals surface area contributed by atoms with Crippen molar-refractivity contribution in [3.8, 4) is 5.75 Å². The summed E-state index contributed by atoms with van der Waals surface area (Å²) in [6.45, 7) is 2.23. The zero-order valence-electron chi connectivity index (χ0n) is 18.9. The first kappa shape index (κ1) is 25.0. The molecule has 1 aromatic heterocycles. The van der Waals surface area contributed by atoms with Gasteiger partial charge in [0.05, 0.1) is 19.8 Å². The number of hydrogen-bond donors (Lipinski definition) is 4. The number of anilines is 2. The first-order valence-corrected chi connectivity index (χ1v) is 10.8. The third-order valence-corrected chi connectivity index (χ3v) is 5.65. The maximum absolute atomic E-state index is 12.3. The van der Waals surface area contributed by atoms with Gasteiger partial charge in [0.15, 0.2) is 28.4 Å². The number of carbonyl (C=O) groups is 2. The van der Waals surface area contributed by atoms with Crippen LogP contribution in [0, 0.1) is 0 Å². The minimum Gasteiger partial charge on any atom is -0.496 e. The van der Waals surface area contributed by atoms with Crippen LogP contribution in [0.25, 0.3) is 0 Å². The van der Waals surface area contributed by atoms with E-state index >= 15 is 0 Å². The number of piperidine rings is 1. The number of methoxy groups -OCH3 is 2. The molecule has 12 nitrogen and oxygen atoms in total. The Morgan fingerprint density at radius 3 is 2.56 bits per heavy atom. The minimum atomic E-state index is -0.767. The van der Waals surface area contributed by atoms with Crippen LogP contribution < -0.4 is 27.3 Å². The van der Waals surface area contributed by atoms with Crippen molar-refractivity contribution in [1.82, 2.24) is 20.2 Å². The molecule has 1 saturated heterocycles. The highest BCUT2D eigenvalue weighted by atomic mass is 35.5. The molecule has 1 fully saturated rings. The van der Waals surface area contributed by atoms with Crippen LogP contribution in [0.1, 0.15) is 39.3 Å². The number of guanidine groups is 1. The Bertz CT molecular complexity index is 1100. The summed E-state index contributed by atoms with van der Waals surface area (Å²) < 4.78 is 10.2. The van der Waals surface area contributed by atoms with E-state index in [1.54, 1.807) is 19.2 Å². The lowest BCUT2D eigenvalue weighted by molar-refractivity contribution is 0.0600. The number of halogens is 1. The zero-order valence-corrected chi connectivity index (χ0v) is 19.6. The fraction of sp³-hybridized carbons (Fsp3) is 0.381. The molecule has 182 valence electrons. The van der Waals surface area contributed by atoms with E-state index in [9.17, 15) is 9.59 Å². The lowest BCUT2D eigenvalue weighted by atomic mass is 10.0. The molecule has 1 aliphatic rings. The molecule has 1 aromatic carbocycles. The molecule has 2 heterocycles. The van der Waals surface area contributed by atoms with Gasteiger partial charge in [-0.1, -0.05) is 17.7 Å². The Kier molecular flexibility index (Phi) is 8.08. The highest BCUT2D eigenvalue weighted by molar-refractivity contribution is 6.31. The van der Waals surface area contributed by atoms with Gasteiger partial charge in [-0.25, -0.2) is 14.8 Å². The number of hydrogen-bond acceptors (Lipinski definition) is 9. The van der Waals surface area contributed by atoms with Gasteiger partial charge in [-0.2, -0.15) is 4.99 Å². The molecule has 7 N–H and O–H groups in total. The second-order valence-corrected chi connectivity index (χ2v) is 8.01. The number of ether oxygens (including phenoxy) is 2. The van der Waals surface area contributed by atoms with Crippen molar-refractivity contribution in [1.29, 1.82) is 0 Å². The van der Waals surface area contributed by atoms with Crippen molar-refractivity contribution < 1.29 is 19.1 Å². The van der Waals surface area contributed by atoms with E-state index in [1.807, 2.05) is 6.07 Å². The molecule has 2 aromatic rings. The molecule has 1 aliphatic heterocycles. The van der Waals surface area contributed by atoms with Crippen molar-refractivity contribution in [3.05, 3.63) is 40.2 Å². The highest BCUT2D eigenvalue weighted by Crippen LogP contribution is 2.24. The number of nitrogens with one attached hydrogen (secondary N) is 1. The third kappa shape index (κ3) is 6.02. The summed E-state index contributed by atoms with van der Waals surface area (Å²) >= 11 is 5.81.